The second-order valence-electron chi connectivity index (χ2n) is 8.38. The number of ether oxygens (including phenoxy) is 2. The van der Waals surface area contributed by atoms with E-state index in [2.05, 4.69) is 49.3 Å². The molecule has 0 bridgehead atoms. The minimum absolute atomic E-state index is 0.108. The number of carbonyl (C=O) groups is 1. The minimum atomic E-state index is -0.310. The maximum absolute atomic E-state index is 12.9. The van der Waals surface area contributed by atoms with Gasteiger partial charge in [-0.05, 0) is 63.1 Å². The first-order valence-electron chi connectivity index (χ1n) is 11.8. The van der Waals surface area contributed by atoms with Crippen molar-refractivity contribution in [2.45, 2.75) is 40.7 Å². The molecule has 0 fully saturated rings. The number of benzene rings is 1. The van der Waals surface area contributed by atoms with Gasteiger partial charge >= 0.3 is 5.97 Å². The Kier molecular flexibility index (Phi) is 6.80. The molecule has 1 N–H and O–H groups in total. The molecule has 0 saturated heterocycles. The van der Waals surface area contributed by atoms with E-state index < -0.39 is 0 Å². The topological polar surface area (TPSA) is 59.9 Å². The van der Waals surface area contributed by atoms with Gasteiger partial charge in [-0.15, -0.1) is 0 Å². The first-order valence-corrected chi connectivity index (χ1v) is 11.8. The number of hydrogen-bond donors (Lipinski definition) is 1. The summed E-state index contributed by atoms with van der Waals surface area (Å²) in [7, 11) is 0. The highest BCUT2D eigenvalue weighted by Crippen LogP contribution is 2.47. The fourth-order valence-corrected chi connectivity index (χ4v) is 4.63. The van der Waals surface area contributed by atoms with Gasteiger partial charge in [0.05, 0.1) is 29.8 Å². The van der Waals surface area contributed by atoms with Crippen LogP contribution >= 0.6 is 0 Å². The van der Waals surface area contributed by atoms with Crippen LogP contribution in [-0.2, 0) is 9.47 Å². The lowest BCUT2D eigenvalue weighted by Gasteiger charge is -2.36. The molecule has 2 aliphatic carbocycles. The van der Waals surface area contributed by atoms with Crippen LogP contribution in [-0.4, -0.2) is 37.4 Å². The first kappa shape index (κ1) is 23.0. The molecule has 0 aromatic heterocycles. The van der Waals surface area contributed by atoms with Crippen molar-refractivity contribution >= 4 is 17.3 Å². The number of likely N-dealkylation sites (N-methyl/N-ethyl adjacent to an activating group) is 1. The Bertz CT molecular complexity index is 1150. The Morgan fingerprint density at radius 2 is 1.91 bits per heavy atom. The summed E-state index contributed by atoms with van der Waals surface area (Å²) in [4.78, 5) is 17.5. The van der Waals surface area contributed by atoms with Gasteiger partial charge < -0.3 is 14.8 Å². The van der Waals surface area contributed by atoms with Crippen molar-refractivity contribution < 1.29 is 14.3 Å². The standard InChI is InChI=1S/C28H32N2O3/c1-6-29-23-15-25-21(13-17(23)4)27(19-11-9-10-12-20(19)28(31)32-8-3)22-14-18(5)24(30-7-2)16-26(22)33-25/h9-16,21,24,30H,6-8H2,1-5H3. The summed E-state index contributed by atoms with van der Waals surface area (Å²) < 4.78 is 11.9. The maximum atomic E-state index is 12.9. The highest BCUT2D eigenvalue weighted by Gasteiger charge is 2.36. The Morgan fingerprint density at radius 1 is 1.12 bits per heavy atom. The van der Waals surface area contributed by atoms with Crippen LogP contribution in [0.25, 0.3) is 5.57 Å². The van der Waals surface area contributed by atoms with Crippen LogP contribution in [0, 0.1) is 5.92 Å². The number of hydrogen-bond acceptors (Lipinski definition) is 5. The van der Waals surface area contributed by atoms with Crippen LogP contribution < -0.4 is 5.32 Å². The maximum Gasteiger partial charge on any atom is 0.338 e. The molecule has 172 valence electrons. The molecule has 0 amide bonds. The number of esters is 1. The molecule has 5 nitrogen and oxygen atoms in total. The Morgan fingerprint density at radius 3 is 2.64 bits per heavy atom. The van der Waals surface area contributed by atoms with Crippen molar-refractivity contribution in [1.29, 1.82) is 0 Å². The fourth-order valence-electron chi connectivity index (χ4n) is 4.63. The number of allylic oxidation sites excluding steroid dienone is 4. The predicted molar refractivity (Wildman–Crippen MR) is 133 cm³/mol. The van der Waals surface area contributed by atoms with Crippen molar-refractivity contribution in [3.63, 3.8) is 0 Å². The second kappa shape index (κ2) is 9.75. The van der Waals surface area contributed by atoms with Gasteiger partial charge in [0.2, 0.25) is 0 Å². The number of fused-ring (bicyclic) bond motifs is 2. The predicted octanol–water partition coefficient (Wildman–Crippen LogP) is 5.39. The molecule has 4 rings (SSSR count). The molecule has 1 aromatic carbocycles. The molecule has 2 atom stereocenters. The van der Waals surface area contributed by atoms with Crippen LogP contribution in [0.2, 0.25) is 0 Å². The minimum Gasteiger partial charge on any atom is -0.462 e. The van der Waals surface area contributed by atoms with Gasteiger partial charge in [0, 0.05) is 18.2 Å². The van der Waals surface area contributed by atoms with Crippen molar-refractivity contribution in [2.24, 2.45) is 10.9 Å². The van der Waals surface area contributed by atoms with Gasteiger partial charge in [0.1, 0.15) is 11.5 Å². The van der Waals surface area contributed by atoms with Crippen LogP contribution in [0.4, 0.5) is 0 Å². The number of aliphatic imine (C=N–C) groups is 1. The third-order valence-corrected chi connectivity index (χ3v) is 6.15. The number of nitrogens with zero attached hydrogens (tertiary/aromatic N) is 1. The van der Waals surface area contributed by atoms with Gasteiger partial charge in [-0.2, -0.15) is 0 Å². The molecule has 0 spiro atoms. The normalized spacial score (nSPS) is 23.0. The molecular weight excluding hydrogens is 412 g/mol. The number of rotatable bonds is 6. The summed E-state index contributed by atoms with van der Waals surface area (Å²) in [6.45, 7) is 12.1. The third kappa shape index (κ3) is 4.38. The molecule has 1 aromatic rings. The van der Waals surface area contributed by atoms with Crippen molar-refractivity contribution in [3.05, 3.63) is 87.9 Å². The number of nitrogens with one attached hydrogen (secondary N) is 1. The van der Waals surface area contributed by atoms with Crippen LogP contribution in [0.5, 0.6) is 0 Å². The molecule has 2 unspecified atom stereocenters. The Hall–Kier alpha value is -3.18. The zero-order valence-electron chi connectivity index (χ0n) is 20.1. The van der Waals surface area contributed by atoms with E-state index >= 15 is 0 Å². The highest BCUT2D eigenvalue weighted by atomic mass is 16.5. The van der Waals surface area contributed by atoms with E-state index in [-0.39, 0.29) is 17.9 Å². The van der Waals surface area contributed by atoms with Gasteiger partial charge in [0.15, 0.2) is 0 Å². The van der Waals surface area contributed by atoms with E-state index in [1.54, 1.807) is 0 Å². The lowest BCUT2D eigenvalue weighted by Crippen LogP contribution is -2.32. The molecule has 1 heterocycles. The largest absolute Gasteiger partial charge is 0.462 e. The molecule has 3 aliphatic rings. The van der Waals surface area contributed by atoms with Crippen LogP contribution in [0.15, 0.2) is 81.8 Å². The summed E-state index contributed by atoms with van der Waals surface area (Å²) in [5.74, 6) is 1.23. The summed E-state index contributed by atoms with van der Waals surface area (Å²) in [6, 6.07) is 7.81. The molecule has 33 heavy (non-hydrogen) atoms. The number of carbonyl (C=O) groups excluding carboxylic acids is 1. The van der Waals surface area contributed by atoms with E-state index in [1.165, 1.54) is 5.57 Å². The average Bonchev–Trinajstić information content (AvgIpc) is 2.80. The summed E-state index contributed by atoms with van der Waals surface area (Å²) in [6.07, 6.45) is 8.57. The van der Waals surface area contributed by atoms with E-state index in [0.29, 0.717) is 18.7 Å². The SMILES string of the molecule is CCN=C1C=C2OC3=CC(NCC)C(C)=CC3=C(c3ccccc3C(=O)OCC)C2C=C1C. The van der Waals surface area contributed by atoms with E-state index in [0.717, 1.165) is 46.1 Å². The van der Waals surface area contributed by atoms with Gasteiger partial charge in [-0.3, -0.25) is 4.99 Å². The molecule has 1 aliphatic heterocycles. The van der Waals surface area contributed by atoms with E-state index in [1.807, 2.05) is 44.2 Å². The van der Waals surface area contributed by atoms with E-state index in [4.69, 9.17) is 9.47 Å². The fraction of sp³-hybridized carbons (Fsp3) is 0.357. The van der Waals surface area contributed by atoms with Crippen molar-refractivity contribution in [1.82, 2.24) is 5.32 Å². The summed E-state index contributed by atoms with van der Waals surface area (Å²) >= 11 is 0. The van der Waals surface area contributed by atoms with Crippen LogP contribution in [0.3, 0.4) is 0 Å². The van der Waals surface area contributed by atoms with Crippen LogP contribution in [0.1, 0.15) is 50.5 Å². The van der Waals surface area contributed by atoms with Gasteiger partial charge in [-0.1, -0.05) is 42.8 Å². The monoisotopic (exact) mass is 444 g/mol. The quantitative estimate of drug-likeness (QED) is 0.598. The van der Waals surface area contributed by atoms with Gasteiger partial charge in [0.25, 0.3) is 0 Å². The zero-order valence-corrected chi connectivity index (χ0v) is 20.1. The smallest absolute Gasteiger partial charge is 0.338 e. The Balaban J connectivity index is 1.96. The highest BCUT2D eigenvalue weighted by molar-refractivity contribution is 6.10. The lowest BCUT2D eigenvalue weighted by atomic mass is 9.77. The van der Waals surface area contributed by atoms with Crippen molar-refractivity contribution in [2.75, 3.05) is 19.7 Å². The zero-order chi connectivity index (χ0) is 23.5. The molecule has 0 radical (unpaired) electrons. The molecular formula is C28H32N2O3. The molecule has 0 saturated carbocycles. The summed E-state index contributed by atoms with van der Waals surface area (Å²) in [5.41, 5.74) is 6.78. The first-order chi connectivity index (χ1) is 16.0. The van der Waals surface area contributed by atoms with E-state index in [9.17, 15) is 4.79 Å². The molecule has 5 heteroatoms. The van der Waals surface area contributed by atoms with Gasteiger partial charge in [-0.25, -0.2) is 4.79 Å². The Labute approximate surface area is 196 Å². The third-order valence-electron chi connectivity index (χ3n) is 6.15. The second-order valence-corrected chi connectivity index (χ2v) is 8.38. The summed E-state index contributed by atoms with van der Waals surface area (Å²) in [5, 5.41) is 3.50. The average molecular weight is 445 g/mol. The van der Waals surface area contributed by atoms with Crippen molar-refractivity contribution in [3.8, 4) is 0 Å². The lowest BCUT2D eigenvalue weighted by molar-refractivity contribution is 0.0526.